The lowest BCUT2D eigenvalue weighted by molar-refractivity contribution is -0.232. The zero-order chi connectivity index (χ0) is 32.0. The molecule has 7 nitrogen and oxygen atoms in total. The van der Waals surface area contributed by atoms with Crippen molar-refractivity contribution in [3.05, 3.63) is 29.4 Å². The third kappa shape index (κ3) is 4.15. The molecule has 0 bridgehead atoms. The number of fused-ring (bicyclic) bond motifs is 7. The maximum absolute atomic E-state index is 14.4. The lowest BCUT2D eigenvalue weighted by Gasteiger charge is -2.72. The normalized spacial score (nSPS) is 40.9. The van der Waals surface area contributed by atoms with Gasteiger partial charge in [0.25, 0.3) is 0 Å². The van der Waals surface area contributed by atoms with E-state index in [0.717, 1.165) is 61.8 Å². The molecule has 1 aromatic rings. The fourth-order valence-corrected chi connectivity index (χ4v) is 12.0. The van der Waals surface area contributed by atoms with Crippen LogP contribution in [0, 0.1) is 57.7 Å². The van der Waals surface area contributed by atoms with Gasteiger partial charge in [0.2, 0.25) is 5.91 Å². The van der Waals surface area contributed by atoms with Crippen LogP contribution < -0.4 is 5.32 Å². The maximum atomic E-state index is 14.4. The van der Waals surface area contributed by atoms with E-state index in [1.807, 2.05) is 6.92 Å². The summed E-state index contributed by atoms with van der Waals surface area (Å²) in [7, 11) is 0. The van der Waals surface area contributed by atoms with Crippen molar-refractivity contribution in [3.8, 4) is 0 Å². The highest BCUT2D eigenvalue weighted by molar-refractivity contribution is 6.10. The molecule has 0 radical (unpaired) electrons. The monoisotopic (exact) mass is 603 g/mol. The van der Waals surface area contributed by atoms with Gasteiger partial charge in [-0.3, -0.25) is 14.4 Å². The number of amides is 1. The molecule has 4 fully saturated rings. The van der Waals surface area contributed by atoms with Gasteiger partial charge in [0.15, 0.2) is 5.78 Å². The van der Waals surface area contributed by atoms with Crippen molar-refractivity contribution in [2.75, 3.05) is 5.32 Å². The molecule has 44 heavy (non-hydrogen) atoms. The zero-order valence-electron chi connectivity index (χ0n) is 28.4. The molecule has 0 spiro atoms. The van der Waals surface area contributed by atoms with Gasteiger partial charge in [-0.15, -0.1) is 0 Å². The van der Waals surface area contributed by atoms with E-state index in [1.54, 1.807) is 6.20 Å². The first-order chi connectivity index (χ1) is 20.5. The molecule has 7 heteroatoms. The van der Waals surface area contributed by atoms with Crippen LogP contribution in [0.25, 0.3) is 0 Å². The number of esters is 1. The Morgan fingerprint density at radius 1 is 0.955 bits per heavy atom. The molecule has 1 amide bonds. The van der Waals surface area contributed by atoms with Crippen LogP contribution in [-0.2, 0) is 19.1 Å². The summed E-state index contributed by atoms with van der Waals surface area (Å²) in [5.74, 6) is 1.21. The second kappa shape index (κ2) is 10.2. The first-order valence-electron chi connectivity index (χ1n) is 17.1. The minimum atomic E-state index is -0.808. The number of ketones is 1. The fourth-order valence-electron chi connectivity index (χ4n) is 12.0. The molecule has 8 atom stereocenters. The lowest BCUT2D eigenvalue weighted by Crippen LogP contribution is -2.66. The molecule has 1 heterocycles. The SMILES string of the molecule is CC(=O)O[C@H]1CC[C@@]2(C)C(CC[C@]3(C)C2CC[C@@H]2C4=C(C(C)C)C(=O)C[C@]4(C(=O)Nc4cncnc4C)CC[C@]23C)C1(C)C. The van der Waals surface area contributed by atoms with E-state index in [1.165, 1.54) is 13.3 Å². The van der Waals surface area contributed by atoms with E-state index in [4.69, 9.17) is 4.74 Å². The average Bonchev–Trinajstić information content (AvgIpc) is 3.25. The number of anilines is 1. The van der Waals surface area contributed by atoms with Crippen LogP contribution in [0.2, 0.25) is 0 Å². The number of Topliss-reactive ketones (excluding diaryl/α,β-unsaturated/α-hetero) is 1. The number of allylic oxidation sites excluding steroid dienone is 1. The molecule has 0 saturated heterocycles. The summed E-state index contributed by atoms with van der Waals surface area (Å²) in [6, 6.07) is 0. The number of nitrogens with zero attached hydrogens (tertiary/aromatic N) is 2. The number of carbonyl (C=O) groups is 3. The van der Waals surface area contributed by atoms with Crippen molar-refractivity contribution in [3.63, 3.8) is 0 Å². The summed E-state index contributed by atoms with van der Waals surface area (Å²) in [5.41, 5.74) is 2.76. The number of aromatic nitrogens is 2. The van der Waals surface area contributed by atoms with Crippen LogP contribution in [0.3, 0.4) is 0 Å². The van der Waals surface area contributed by atoms with Crippen LogP contribution in [0.15, 0.2) is 23.7 Å². The Labute approximate surface area is 263 Å². The number of rotatable bonds is 4. The Bertz CT molecular complexity index is 1430. The van der Waals surface area contributed by atoms with E-state index in [0.29, 0.717) is 23.9 Å². The quantitative estimate of drug-likeness (QED) is 0.355. The Morgan fingerprint density at radius 2 is 1.68 bits per heavy atom. The Kier molecular flexibility index (Phi) is 7.30. The van der Waals surface area contributed by atoms with Crippen LogP contribution in [0.5, 0.6) is 0 Å². The molecule has 1 aromatic heterocycles. The molecular weight excluding hydrogens is 550 g/mol. The maximum Gasteiger partial charge on any atom is 0.302 e. The predicted octanol–water partition coefficient (Wildman–Crippen LogP) is 7.64. The Hall–Kier alpha value is -2.57. The third-order valence-corrected chi connectivity index (χ3v) is 14.3. The van der Waals surface area contributed by atoms with Crippen molar-refractivity contribution < 1.29 is 19.1 Å². The summed E-state index contributed by atoms with van der Waals surface area (Å²) in [4.78, 5) is 48.7. The van der Waals surface area contributed by atoms with Gasteiger partial charge >= 0.3 is 5.97 Å². The number of carbonyl (C=O) groups excluding carboxylic acids is 3. The summed E-state index contributed by atoms with van der Waals surface area (Å²) < 4.78 is 5.92. The van der Waals surface area contributed by atoms with Gasteiger partial charge in [-0.1, -0.05) is 48.5 Å². The van der Waals surface area contributed by atoms with Gasteiger partial charge < -0.3 is 10.1 Å². The topological polar surface area (TPSA) is 98.2 Å². The Morgan fingerprint density at radius 3 is 2.34 bits per heavy atom. The standard InChI is InChI=1S/C37H53N3O4/c1-21(2)30-26(42)18-37(32(43)40-25-19-38-20-39-22(25)3)17-16-35(8)24(31(30)37)10-11-28-34(7)14-13-29(44-23(4)41)33(5,6)27(34)12-15-36(28,35)9/h19-21,24,27-29H,10-18H2,1-9H3,(H,40,43)/t24-,27?,28?,29+,34+,35-,36-,37-/m1/s1. The van der Waals surface area contributed by atoms with Gasteiger partial charge in [0, 0.05) is 18.8 Å². The molecule has 4 saturated carbocycles. The number of nitrogens with one attached hydrogen (secondary N) is 1. The highest BCUT2D eigenvalue weighted by Gasteiger charge is 2.71. The fraction of sp³-hybridized carbons (Fsp3) is 0.757. The van der Waals surface area contributed by atoms with E-state index in [-0.39, 0.29) is 63.7 Å². The van der Waals surface area contributed by atoms with E-state index in [9.17, 15) is 14.4 Å². The van der Waals surface area contributed by atoms with Crippen molar-refractivity contribution in [2.45, 2.75) is 126 Å². The molecular formula is C37H53N3O4. The van der Waals surface area contributed by atoms with Crippen LogP contribution >= 0.6 is 0 Å². The third-order valence-electron chi connectivity index (χ3n) is 14.3. The minimum Gasteiger partial charge on any atom is -0.462 e. The van der Waals surface area contributed by atoms with Crippen LogP contribution in [-0.4, -0.2) is 33.7 Å². The van der Waals surface area contributed by atoms with Crippen molar-refractivity contribution in [2.24, 2.45) is 50.7 Å². The zero-order valence-corrected chi connectivity index (χ0v) is 28.4. The first kappa shape index (κ1) is 31.4. The number of hydrogen-bond acceptors (Lipinski definition) is 6. The van der Waals surface area contributed by atoms with E-state index >= 15 is 0 Å². The summed E-state index contributed by atoms with van der Waals surface area (Å²) in [6.07, 6.45) is 11.4. The van der Waals surface area contributed by atoms with Gasteiger partial charge in [-0.2, -0.15) is 0 Å². The van der Waals surface area contributed by atoms with E-state index in [2.05, 4.69) is 63.8 Å². The summed E-state index contributed by atoms with van der Waals surface area (Å²) in [6.45, 7) is 19.9. The van der Waals surface area contributed by atoms with Gasteiger partial charge in [-0.25, -0.2) is 9.97 Å². The molecule has 240 valence electrons. The molecule has 0 aromatic carbocycles. The second-order valence-corrected chi connectivity index (χ2v) is 16.7. The lowest BCUT2D eigenvalue weighted by atomic mass is 9.33. The number of hydrogen-bond donors (Lipinski definition) is 1. The predicted molar refractivity (Wildman–Crippen MR) is 170 cm³/mol. The highest BCUT2D eigenvalue weighted by Crippen LogP contribution is 2.76. The summed E-state index contributed by atoms with van der Waals surface area (Å²) >= 11 is 0. The van der Waals surface area contributed by atoms with Crippen molar-refractivity contribution in [1.82, 2.24) is 9.97 Å². The first-order valence-corrected chi connectivity index (χ1v) is 17.1. The number of aryl methyl sites for hydroxylation is 1. The van der Waals surface area contributed by atoms with Gasteiger partial charge in [0.05, 0.1) is 23.0 Å². The molecule has 0 aliphatic heterocycles. The minimum absolute atomic E-state index is 0.0174. The van der Waals surface area contributed by atoms with Gasteiger partial charge in [-0.05, 0) is 109 Å². The molecule has 5 aliphatic carbocycles. The largest absolute Gasteiger partial charge is 0.462 e. The van der Waals surface area contributed by atoms with Crippen molar-refractivity contribution >= 4 is 23.3 Å². The van der Waals surface area contributed by atoms with Crippen molar-refractivity contribution in [1.29, 1.82) is 0 Å². The molecule has 1 N–H and O–H groups in total. The van der Waals surface area contributed by atoms with Crippen LogP contribution in [0.1, 0.15) is 119 Å². The summed E-state index contributed by atoms with van der Waals surface area (Å²) in [5, 5.41) is 3.18. The second-order valence-electron chi connectivity index (χ2n) is 16.7. The van der Waals surface area contributed by atoms with Crippen LogP contribution in [0.4, 0.5) is 5.69 Å². The number of ether oxygens (including phenoxy) is 1. The molecule has 2 unspecified atom stereocenters. The molecule has 5 aliphatic rings. The molecule has 6 rings (SSSR count). The average molecular weight is 604 g/mol. The Balaban J connectivity index is 1.39. The van der Waals surface area contributed by atoms with Gasteiger partial charge in [0.1, 0.15) is 12.4 Å². The smallest absolute Gasteiger partial charge is 0.302 e. The highest BCUT2D eigenvalue weighted by atomic mass is 16.5. The van der Waals surface area contributed by atoms with E-state index < -0.39 is 5.41 Å².